The number of hydrogen-bond donors (Lipinski definition) is 1. The number of hydrogen-bond acceptors (Lipinski definition) is 5. The minimum Gasteiger partial charge on any atom is -0.305 e. The highest BCUT2D eigenvalue weighted by Gasteiger charge is 2.18. The number of carbonyl (C=O) groups excluding carboxylic acids is 1. The van der Waals surface area contributed by atoms with E-state index < -0.39 is 10.8 Å². The van der Waals surface area contributed by atoms with Gasteiger partial charge in [-0.2, -0.15) is 5.10 Å². The maximum atomic E-state index is 12.2. The van der Waals surface area contributed by atoms with Crippen LogP contribution in [0.5, 0.6) is 0 Å². The number of carbonyl (C=O) groups is 1. The lowest BCUT2D eigenvalue weighted by atomic mass is 10.2. The second-order valence-electron chi connectivity index (χ2n) is 5.80. The molecular weight excluding hydrogens is 328 g/mol. The summed E-state index contributed by atoms with van der Waals surface area (Å²) in [4.78, 5) is 23.7. The summed E-state index contributed by atoms with van der Waals surface area (Å²) >= 11 is 1.44. The number of anilines is 1. The first-order valence-electron chi connectivity index (χ1n) is 7.59. The summed E-state index contributed by atoms with van der Waals surface area (Å²) in [6, 6.07) is 6.21. The molecule has 0 saturated carbocycles. The SMILES string of the molecule is CC(C)CCSc1ccc(C(=O)Nc2ccn(C)n2)cc1[N+](=O)[O-]. The molecule has 7 nitrogen and oxygen atoms in total. The molecule has 1 aromatic carbocycles. The molecule has 0 unspecified atom stereocenters. The zero-order valence-electron chi connectivity index (χ0n) is 13.9. The number of amides is 1. The van der Waals surface area contributed by atoms with Gasteiger partial charge in [0.2, 0.25) is 0 Å². The molecule has 0 fully saturated rings. The second kappa shape index (κ2) is 7.96. The number of nitro groups is 1. The molecule has 1 amide bonds. The Morgan fingerprint density at radius 2 is 2.17 bits per heavy atom. The summed E-state index contributed by atoms with van der Waals surface area (Å²) < 4.78 is 1.56. The number of nitro benzene ring substituents is 1. The van der Waals surface area contributed by atoms with Gasteiger partial charge in [0.05, 0.1) is 9.82 Å². The average Bonchev–Trinajstić information content (AvgIpc) is 2.92. The fourth-order valence-electron chi connectivity index (χ4n) is 2.00. The molecule has 0 bridgehead atoms. The van der Waals surface area contributed by atoms with Crippen LogP contribution in [0.2, 0.25) is 0 Å². The van der Waals surface area contributed by atoms with E-state index in [0.717, 1.165) is 12.2 Å². The Bertz CT molecular complexity index is 743. The summed E-state index contributed by atoms with van der Waals surface area (Å²) in [6.07, 6.45) is 2.68. The molecule has 0 atom stereocenters. The summed E-state index contributed by atoms with van der Waals surface area (Å²) in [5.41, 5.74) is 0.193. The predicted octanol–water partition coefficient (Wildman–Crippen LogP) is 3.72. The van der Waals surface area contributed by atoms with Crippen LogP contribution >= 0.6 is 11.8 Å². The minimum atomic E-state index is -0.449. The molecule has 2 rings (SSSR count). The van der Waals surface area contributed by atoms with Gasteiger partial charge in [-0.05, 0) is 30.2 Å². The summed E-state index contributed by atoms with van der Waals surface area (Å²) in [5, 5.41) is 18.0. The van der Waals surface area contributed by atoms with Crippen molar-refractivity contribution >= 4 is 29.2 Å². The zero-order valence-corrected chi connectivity index (χ0v) is 14.7. The molecule has 1 heterocycles. The molecule has 1 aromatic heterocycles. The Morgan fingerprint density at radius 3 is 2.75 bits per heavy atom. The van der Waals surface area contributed by atoms with E-state index in [1.807, 2.05) is 0 Å². The highest BCUT2D eigenvalue weighted by molar-refractivity contribution is 7.99. The Kier molecular flexibility index (Phi) is 5.97. The number of nitrogens with zero attached hydrogens (tertiary/aromatic N) is 3. The van der Waals surface area contributed by atoms with Crippen molar-refractivity contribution in [2.45, 2.75) is 25.2 Å². The van der Waals surface area contributed by atoms with Gasteiger partial charge in [0.15, 0.2) is 5.82 Å². The van der Waals surface area contributed by atoms with E-state index in [2.05, 4.69) is 24.3 Å². The summed E-state index contributed by atoms with van der Waals surface area (Å²) in [6.45, 7) is 4.22. The number of benzene rings is 1. The van der Waals surface area contributed by atoms with Crippen LogP contribution in [0.25, 0.3) is 0 Å². The van der Waals surface area contributed by atoms with Crippen LogP contribution in [0.3, 0.4) is 0 Å². The molecule has 0 aliphatic carbocycles. The van der Waals surface area contributed by atoms with E-state index >= 15 is 0 Å². The van der Waals surface area contributed by atoms with Crippen molar-refractivity contribution < 1.29 is 9.72 Å². The highest BCUT2D eigenvalue weighted by Crippen LogP contribution is 2.31. The van der Waals surface area contributed by atoms with Gasteiger partial charge in [0.1, 0.15) is 0 Å². The summed E-state index contributed by atoms with van der Waals surface area (Å²) in [7, 11) is 1.74. The lowest BCUT2D eigenvalue weighted by molar-refractivity contribution is -0.387. The fourth-order valence-corrected chi connectivity index (χ4v) is 3.25. The van der Waals surface area contributed by atoms with Crippen molar-refractivity contribution in [3.05, 3.63) is 46.1 Å². The van der Waals surface area contributed by atoms with E-state index in [9.17, 15) is 14.9 Å². The number of aromatic nitrogens is 2. The molecule has 0 saturated heterocycles. The van der Waals surface area contributed by atoms with E-state index in [-0.39, 0.29) is 11.3 Å². The Labute approximate surface area is 144 Å². The predicted molar refractivity (Wildman–Crippen MR) is 94.4 cm³/mol. The topological polar surface area (TPSA) is 90.1 Å². The van der Waals surface area contributed by atoms with E-state index in [4.69, 9.17) is 0 Å². The fraction of sp³-hybridized carbons (Fsp3) is 0.375. The quantitative estimate of drug-likeness (QED) is 0.468. The molecule has 1 N–H and O–H groups in total. The molecular formula is C16H20N4O3S. The van der Waals surface area contributed by atoms with Gasteiger partial charge < -0.3 is 5.32 Å². The zero-order chi connectivity index (χ0) is 17.7. The lowest BCUT2D eigenvalue weighted by Crippen LogP contribution is -2.13. The van der Waals surface area contributed by atoms with Crippen LogP contribution in [0.4, 0.5) is 11.5 Å². The lowest BCUT2D eigenvalue weighted by Gasteiger charge is -2.07. The van der Waals surface area contributed by atoms with Crippen molar-refractivity contribution in [3.63, 3.8) is 0 Å². The van der Waals surface area contributed by atoms with Crippen LogP contribution in [-0.2, 0) is 7.05 Å². The third-order valence-corrected chi connectivity index (χ3v) is 4.42. The molecule has 8 heteroatoms. The Morgan fingerprint density at radius 1 is 1.42 bits per heavy atom. The first-order valence-corrected chi connectivity index (χ1v) is 8.57. The highest BCUT2D eigenvalue weighted by atomic mass is 32.2. The van der Waals surface area contributed by atoms with Crippen molar-refractivity contribution in [1.82, 2.24) is 9.78 Å². The monoisotopic (exact) mass is 348 g/mol. The first-order chi connectivity index (χ1) is 11.4. The first kappa shape index (κ1) is 18.0. The third-order valence-electron chi connectivity index (χ3n) is 3.33. The number of aryl methyl sites for hydroxylation is 1. The van der Waals surface area contributed by atoms with Gasteiger partial charge in [-0.1, -0.05) is 13.8 Å². The normalized spacial score (nSPS) is 10.8. The largest absolute Gasteiger partial charge is 0.305 e. The standard InChI is InChI=1S/C16H20N4O3S/c1-11(2)7-9-24-14-5-4-12(10-13(14)20(22)23)16(21)17-15-6-8-19(3)18-15/h4-6,8,10-11H,7,9H2,1-3H3,(H,17,18,21). The van der Waals surface area contributed by atoms with Crippen molar-refractivity contribution in [2.24, 2.45) is 13.0 Å². The van der Waals surface area contributed by atoms with E-state index in [1.165, 1.54) is 17.8 Å². The van der Waals surface area contributed by atoms with E-state index in [1.54, 1.807) is 36.1 Å². The van der Waals surface area contributed by atoms with Crippen LogP contribution < -0.4 is 5.32 Å². The molecule has 0 aliphatic rings. The van der Waals surface area contributed by atoms with Crippen LogP contribution in [0.15, 0.2) is 35.4 Å². The smallest absolute Gasteiger partial charge is 0.283 e. The van der Waals surface area contributed by atoms with Gasteiger partial charge >= 0.3 is 0 Å². The molecule has 2 aromatic rings. The van der Waals surface area contributed by atoms with Gasteiger partial charge in [0, 0.05) is 30.9 Å². The molecule has 128 valence electrons. The Balaban J connectivity index is 2.15. The van der Waals surface area contributed by atoms with Crippen LogP contribution in [0, 0.1) is 16.0 Å². The molecule has 0 spiro atoms. The van der Waals surface area contributed by atoms with Crippen LogP contribution in [-0.4, -0.2) is 26.4 Å². The second-order valence-corrected chi connectivity index (χ2v) is 6.94. The van der Waals surface area contributed by atoms with Gasteiger partial charge in [-0.3, -0.25) is 19.6 Å². The average molecular weight is 348 g/mol. The maximum absolute atomic E-state index is 12.2. The number of rotatable bonds is 7. The molecule has 24 heavy (non-hydrogen) atoms. The van der Waals surface area contributed by atoms with Gasteiger partial charge in [-0.25, -0.2) is 0 Å². The van der Waals surface area contributed by atoms with Crippen molar-refractivity contribution in [1.29, 1.82) is 0 Å². The number of thioether (sulfide) groups is 1. The van der Waals surface area contributed by atoms with Crippen molar-refractivity contribution in [3.8, 4) is 0 Å². The minimum absolute atomic E-state index is 0.0440. The molecule has 0 aliphatic heterocycles. The maximum Gasteiger partial charge on any atom is 0.283 e. The number of nitrogens with one attached hydrogen (secondary N) is 1. The Hall–Kier alpha value is -2.35. The van der Waals surface area contributed by atoms with Gasteiger partial charge in [-0.15, -0.1) is 11.8 Å². The van der Waals surface area contributed by atoms with Crippen LogP contribution in [0.1, 0.15) is 30.6 Å². The summed E-state index contributed by atoms with van der Waals surface area (Å²) in [5.74, 6) is 1.33. The third kappa shape index (κ3) is 4.82. The van der Waals surface area contributed by atoms with Crippen molar-refractivity contribution in [2.75, 3.05) is 11.1 Å². The molecule has 0 radical (unpaired) electrons. The van der Waals surface area contributed by atoms with Gasteiger partial charge in [0.25, 0.3) is 11.6 Å². The van der Waals surface area contributed by atoms with E-state index in [0.29, 0.717) is 16.6 Å².